The van der Waals surface area contributed by atoms with Gasteiger partial charge in [-0.05, 0) is 78.9 Å². The fraction of sp³-hybridized carbons (Fsp3) is 0.233. The second-order valence-corrected chi connectivity index (χ2v) is 13.0. The maximum absolute atomic E-state index is 13.8. The highest BCUT2D eigenvalue weighted by molar-refractivity contribution is 7.89. The Labute approximate surface area is 237 Å². The Morgan fingerprint density at radius 3 is 2.55 bits per heavy atom. The van der Waals surface area contributed by atoms with Gasteiger partial charge in [0.15, 0.2) is 5.13 Å². The molecule has 3 heterocycles. The van der Waals surface area contributed by atoms with Crippen LogP contribution >= 0.6 is 11.3 Å². The van der Waals surface area contributed by atoms with E-state index >= 15 is 0 Å². The van der Waals surface area contributed by atoms with E-state index in [1.54, 1.807) is 27.9 Å². The van der Waals surface area contributed by atoms with Gasteiger partial charge in [0.05, 0.1) is 21.7 Å². The molecule has 1 aliphatic rings. The number of rotatable bonds is 7. The number of fused-ring (bicyclic) bond motifs is 2. The first-order valence-electron chi connectivity index (χ1n) is 13.1. The van der Waals surface area contributed by atoms with E-state index in [4.69, 9.17) is 4.98 Å². The third-order valence-corrected chi connectivity index (χ3v) is 10.1. The minimum Gasteiger partial charge on any atom is -0.282 e. The van der Waals surface area contributed by atoms with E-state index in [1.165, 1.54) is 33.3 Å². The number of hydrogen-bond donors (Lipinski definition) is 0. The smallest absolute Gasteiger partial charge is 0.260 e. The Morgan fingerprint density at radius 2 is 1.80 bits per heavy atom. The van der Waals surface area contributed by atoms with Gasteiger partial charge in [0, 0.05) is 37.6 Å². The molecule has 0 N–H and O–H groups in total. The van der Waals surface area contributed by atoms with Crippen molar-refractivity contribution in [2.75, 3.05) is 18.0 Å². The topological polar surface area (TPSA) is 88.4 Å². The summed E-state index contributed by atoms with van der Waals surface area (Å²) in [5.41, 5.74) is 5.70. The molecule has 8 nitrogen and oxygen atoms in total. The van der Waals surface area contributed by atoms with E-state index in [2.05, 4.69) is 17.2 Å². The molecule has 0 radical (unpaired) electrons. The molecule has 204 valence electrons. The SMILES string of the molecule is Cc1cc(C)c2nc(N(CCn3cccn3)C(=O)c3ccc(S(=O)(=O)N4CCc5ccccc5C4)cc3)sc2c1. The molecule has 5 aromatic rings. The predicted octanol–water partition coefficient (Wildman–Crippen LogP) is 5.20. The van der Waals surface area contributed by atoms with Gasteiger partial charge >= 0.3 is 0 Å². The van der Waals surface area contributed by atoms with Crippen molar-refractivity contribution in [3.63, 3.8) is 0 Å². The quantitative estimate of drug-likeness (QED) is 0.268. The zero-order valence-corrected chi connectivity index (χ0v) is 24.0. The number of amides is 1. The lowest BCUT2D eigenvalue weighted by Crippen LogP contribution is -2.36. The highest BCUT2D eigenvalue weighted by atomic mass is 32.2. The lowest BCUT2D eigenvalue weighted by molar-refractivity contribution is 0.0985. The van der Waals surface area contributed by atoms with Crippen LogP contribution in [0.1, 0.15) is 32.6 Å². The van der Waals surface area contributed by atoms with Gasteiger partial charge in [-0.1, -0.05) is 41.7 Å². The highest BCUT2D eigenvalue weighted by Gasteiger charge is 2.29. The van der Waals surface area contributed by atoms with E-state index in [-0.39, 0.29) is 10.8 Å². The van der Waals surface area contributed by atoms with Crippen molar-refractivity contribution >= 4 is 42.6 Å². The standard InChI is InChI=1S/C30H29N5O3S2/c1-21-18-22(2)28-27(19-21)39-30(32-28)35(17-16-33-14-5-13-31-33)29(36)24-8-10-26(11-9-24)40(37,38)34-15-12-23-6-3-4-7-25(23)20-34/h3-11,13-14,18-19H,12,15-17,20H2,1-2H3. The largest absolute Gasteiger partial charge is 0.282 e. The molecule has 0 fully saturated rings. The first kappa shape index (κ1) is 26.4. The molecule has 1 aliphatic heterocycles. The number of nitrogens with zero attached hydrogens (tertiary/aromatic N) is 5. The van der Waals surface area contributed by atoms with E-state index in [9.17, 15) is 13.2 Å². The van der Waals surface area contributed by atoms with Crippen molar-refractivity contribution in [1.82, 2.24) is 19.1 Å². The Bertz CT molecular complexity index is 1800. The number of hydrogen-bond acceptors (Lipinski definition) is 6. The first-order valence-corrected chi connectivity index (χ1v) is 15.4. The van der Waals surface area contributed by atoms with Crippen LogP contribution in [0.25, 0.3) is 10.2 Å². The summed E-state index contributed by atoms with van der Waals surface area (Å²) in [5.74, 6) is -0.239. The third-order valence-electron chi connectivity index (χ3n) is 7.24. The molecule has 0 unspecified atom stereocenters. The zero-order chi connectivity index (χ0) is 27.9. The molecule has 0 bridgehead atoms. The van der Waals surface area contributed by atoms with Crippen LogP contribution in [0.15, 0.2) is 84.0 Å². The van der Waals surface area contributed by atoms with Gasteiger partial charge in [-0.2, -0.15) is 9.40 Å². The number of sulfonamides is 1. The average Bonchev–Trinajstić information content (AvgIpc) is 3.63. The molecule has 0 saturated carbocycles. The maximum atomic E-state index is 13.8. The molecule has 0 saturated heterocycles. The fourth-order valence-electron chi connectivity index (χ4n) is 5.14. The first-order chi connectivity index (χ1) is 19.3. The van der Waals surface area contributed by atoms with Crippen molar-refractivity contribution < 1.29 is 13.2 Å². The second kappa shape index (κ2) is 10.6. The summed E-state index contributed by atoms with van der Waals surface area (Å²) in [6.45, 7) is 5.70. The van der Waals surface area contributed by atoms with Crippen molar-refractivity contribution in [2.45, 2.75) is 38.3 Å². The van der Waals surface area contributed by atoms with Crippen LogP contribution in [0.4, 0.5) is 5.13 Å². The van der Waals surface area contributed by atoms with Gasteiger partial charge in [-0.3, -0.25) is 14.4 Å². The maximum Gasteiger partial charge on any atom is 0.260 e. The van der Waals surface area contributed by atoms with Crippen LogP contribution < -0.4 is 4.90 Å². The monoisotopic (exact) mass is 571 g/mol. The van der Waals surface area contributed by atoms with Gasteiger partial charge < -0.3 is 0 Å². The molecule has 10 heteroatoms. The fourth-order valence-corrected chi connectivity index (χ4v) is 7.73. The van der Waals surface area contributed by atoms with Crippen molar-refractivity contribution in [2.24, 2.45) is 0 Å². The summed E-state index contributed by atoms with van der Waals surface area (Å²) in [5, 5.41) is 4.87. The van der Waals surface area contributed by atoms with Crippen LogP contribution in [-0.2, 0) is 29.5 Å². The number of aryl methyl sites for hydroxylation is 2. The zero-order valence-electron chi connectivity index (χ0n) is 22.3. The molecule has 40 heavy (non-hydrogen) atoms. The van der Waals surface area contributed by atoms with E-state index < -0.39 is 10.0 Å². The number of thiazole rings is 1. The van der Waals surface area contributed by atoms with Crippen LogP contribution in [0.5, 0.6) is 0 Å². The summed E-state index contributed by atoms with van der Waals surface area (Å²) in [6.07, 6.45) is 4.24. The van der Waals surface area contributed by atoms with Gasteiger partial charge in [0.2, 0.25) is 10.0 Å². The van der Waals surface area contributed by atoms with Crippen LogP contribution in [0.3, 0.4) is 0 Å². The lowest BCUT2D eigenvalue weighted by atomic mass is 10.0. The molecule has 0 spiro atoms. The Morgan fingerprint density at radius 1 is 1.02 bits per heavy atom. The number of anilines is 1. The molecule has 0 aliphatic carbocycles. The van der Waals surface area contributed by atoms with Gasteiger partial charge in [-0.25, -0.2) is 13.4 Å². The van der Waals surface area contributed by atoms with Gasteiger partial charge in [-0.15, -0.1) is 0 Å². The van der Waals surface area contributed by atoms with Crippen LogP contribution in [0, 0.1) is 13.8 Å². The summed E-state index contributed by atoms with van der Waals surface area (Å²) in [7, 11) is -3.70. The van der Waals surface area contributed by atoms with E-state index in [0.29, 0.717) is 43.3 Å². The summed E-state index contributed by atoms with van der Waals surface area (Å²) in [4.78, 5) is 20.5. The van der Waals surface area contributed by atoms with Crippen molar-refractivity contribution in [1.29, 1.82) is 0 Å². The molecule has 6 rings (SSSR count). The molecule has 1 amide bonds. The van der Waals surface area contributed by atoms with Crippen molar-refractivity contribution in [3.05, 3.63) is 107 Å². The normalized spacial score (nSPS) is 13.8. The van der Waals surface area contributed by atoms with Crippen molar-refractivity contribution in [3.8, 4) is 0 Å². The Hall–Kier alpha value is -3.86. The molecule has 2 aromatic heterocycles. The molecule has 0 atom stereocenters. The van der Waals surface area contributed by atoms with E-state index in [0.717, 1.165) is 26.9 Å². The molecular weight excluding hydrogens is 542 g/mol. The predicted molar refractivity (Wildman–Crippen MR) is 157 cm³/mol. The molecule has 3 aromatic carbocycles. The molecular formula is C30H29N5O3S2. The van der Waals surface area contributed by atoms with Gasteiger partial charge in [0.25, 0.3) is 5.91 Å². The number of carbonyl (C=O) groups is 1. The summed E-state index contributed by atoms with van der Waals surface area (Å²) in [6, 6.07) is 20.2. The van der Waals surface area contributed by atoms with Crippen LogP contribution in [0.2, 0.25) is 0 Å². The third kappa shape index (κ3) is 5.05. The minimum absolute atomic E-state index is 0.178. The average molecular weight is 572 g/mol. The summed E-state index contributed by atoms with van der Waals surface area (Å²) >= 11 is 1.48. The second-order valence-electron chi connectivity index (χ2n) is 10.0. The summed E-state index contributed by atoms with van der Waals surface area (Å²) < 4.78 is 31.2. The number of aromatic nitrogens is 3. The minimum atomic E-state index is -3.70. The van der Waals surface area contributed by atoms with Gasteiger partial charge in [0.1, 0.15) is 0 Å². The Balaban J connectivity index is 1.28. The number of benzene rings is 3. The Kier molecular flexibility index (Phi) is 6.99. The number of carbonyl (C=O) groups excluding carboxylic acids is 1. The van der Waals surface area contributed by atoms with E-state index in [1.807, 2.05) is 50.4 Å². The highest BCUT2D eigenvalue weighted by Crippen LogP contribution is 2.33. The lowest BCUT2D eigenvalue weighted by Gasteiger charge is -2.28. The van der Waals surface area contributed by atoms with Crippen LogP contribution in [-0.4, -0.2) is 46.5 Å².